The first-order chi connectivity index (χ1) is 9.15. The first kappa shape index (κ1) is 13.5. The Bertz CT molecular complexity index is 487. The van der Waals surface area contributed by atoms with Crippen molar-refractivity contribution in [3.63, 3.8) is 0 Å². The molecule has 1 atom stereocenters. The molecule has 0 unspecified atom stereocenters. The largest absolute Gasteiger partial charge is 0.480 e. The molecule has 3 N–H and O–H groups in total. The lowest BCUT2D eigenvalue weighted by Gasteiger charge is -2.22. The molecule has 102 valence electrons. The number of rotatable bonds is 4. The van der Waals surface area contributed by atoms with Gasteiger partial charge in [-0.25, -0.2) is 4.79 Å². The van der Waals surface area contributed by atoms with Crippen molar-refractivity contribution in [3.8, 4) is 0 Å². The fourth-order valence-electron chi connectivity index (χ4n) is 2.52. The second-order valence-corrected chi connectivity index (χ2v) is 4.69. The van der Waals surface area contributed by atoms with Gasteiger partial charge < -0.3 is 15.7 Å². The van der Waals surface area contributed by atoms with E-state index in [1.165, 1.54) is 4.90 Å². The van der Waals surface area contributed by atoms with E-state index in [0.29, 0.717) is 31.5 Å². The predicted molar refractivity (Wildman–Crippen MR) is 70.9 cm³/mol. The molecule has 1 aromatic carbocycles. The number of hydrogen-bond acceptors (Lipinski definition) is 3. The molecule has 5 nitrogen and oxygen atoms in total. The zero-order valence-electron chi connectivity index (χ0n) is 10.7. The highest BCUT2D eigenvalue weighted by Gasteiger charge is 2.34. The predicted octanol–water partition coefficient (Wildman–Crippen LogP) is 0.877. The van der Waals surface area contributed by atoms with Crippen LogP contribution < -0.4 is 5.73 Å². The zero-order chi connectivity index (χ0) is 13.8. The molecule has 0 spiro atoms. The molecule has 1 aliphatic heterocycles. The second kappa shape index (κ2) is 5.84. The molecule has 0 aliphatic carbocycles. The van der Waals surface area contributed by atoms with Gasteiger partial charge in [0, 0.05) is 12.1 Å². The minimum absolute atomic E-state index is 0.200. The third-order valence-electron chi connectivity index (χ3n) is 3.46. The minimum atomic E-state index is -0.929. The zero-order valence-corrected chi connectivity index (χ0v) is 10.7. The molecular weight excluding hydrogens is 244 g/mol. The van der Waals surface area contributed by atoms with Gasteiger partial charge in [-0.15, -0.1) is 0 Å². The molecule has 1 aliphatic rings. The lowest BCUT2D eigenvalue weighted by atomic mass is 10.0. The van der Waals surface area contributed by atoms with Gasteiger partial charge in [-0.05, 0) is 37.4 Å². The minimum Gasteiger partial charge on any atom is -0.480 e. The Labute approximate surface area is 112 Å². The highest BCUT2D eigenvalue weighted by molar-refractivity contribution is 5.98. The van der Waals surface area contributed by atoms with Crippen molar-refractivity contribution in [2.45, 2.75) is 25.3 Å². The monoisotopic (exact) mass is 262 g/mol. The fraction of sp³-hybridized carbons (Fsp3) is 0.429. The maximum Gasteiger partial charge on any atom is 0.326 e. The van der Waals surface area contributed by atoms with E-state index in [2.05, 4.69) is 0 Å². The van der Waals surface area contributed by atoms with Gasteiger partial charge in [-0.3, -0.25) is 4.79 Å². The summed E-state index contributed by atoms with van der Waals surface area (Å²) >= 11 is 0. The summed E-state index contributed by atoms with van der Waals surface area (Å²) in [5.74, 6) is -1.13. The summed E-state index contributed by atoms with van der Waals surface area (Å²) in [6.45, 7) is 0.972. The number of hydrogen-bond donors (Lipinski definition) is 2. The summed E-state index contributed by atoms with van der Waals surface area (Å²) in [7, 11) is 0. The fourth-order valence-corrected chi connectivity index (χ4v) is 2.52. The van der Waals surface area contributed by atoms with E-state index in [1.807, 2.05) is 12.1 Å². The molecule has 1 heterocycles. The van der Waals surface area contributed by atoms with Crippen LogP contribution in [-0.2, 0) is 11.2 Å². The summed E-state index contributed by atoms with van der Waals surface area (Å²) in [4.78, 5) is 25.1. The maximum absolute atomic E-state index is 12.5. The van der Waals surface area contributed by atoms with Crippen LogP contribution in [0.2, 0.25) is 0 Å². The summed E-state index contributed by atoms with van der Waals surface area (Å²) in [5.41, 5.74) is 6.99. The molecule has 2 rings (SSSR count). The number of carboxylic acids is 1. The number of amides is 1. The lowest BCUT2D eigenvalue weighted by molar-refractivity contribution is -0.141. The number of aliphatic carboxylic acids is 1. The Hall–Kier alpha value is -1.88. The third kappa shape index (κ3) is 2.76. The van der Waals surface area contributed by atoms with Crippen LogP contribution in [0.25, 0.3) is 0 Å². The van der Waals surface area contributed by atoms with Gasteiger partial charge in [0.1, 0.15) is 6.04 Å². The molecule has 1 fully saturated rings. The molecule has 1 amide bonds. The van der Waals surface area contributed by atoms with Crippen molar-refractivity contribution in [3.05, 3.63) is 35.4 Å². The van der Waals surface area contributed by atoms with E-state index in [4.69, 9.17) is 10.8 Å². The van der Waals surface area contributed by atoms with Gasteiger partial charge in [0.2, 0.25) is 0 Å². The number of benzene rings is 1. The van der Waals surface area contributed by atoms with E-state index in [1.54, 1.807) is 12.1 Å². The molecule has 0 saturated carbocycles. The van der Waals surface area contributed by atoms with E-state index in [0.717, 1.165) is 12.0 Å². The van der Waals surface area contributed by atoms with Gasteiger partial charge in [-0.1, -0.05) is 18.2 Å². The maximum atomic E-state index is 12.5. The van der Waals surface area contributed by atoms with Crippen LogP contribution in [0.4, 0.5) is 0 Å². The van der Waals surface area contributed by atoms with Gasteiger partial charge in [0.05, 0.1) is 0 Å². The van der Waals surface area contributed by atoms with Gasteiger partial charge in [-0.2, -0.15) is 0 Å². The van der Waals surface area contributed by atoms with Gasteiger partial charge in [0.15, 0.2) is 0 Å². The average molecular weight is 262 g/mol. The van der Waals surface area contributed by atoms with Crippen molar-refractivity contribution in [2.75, 3.05) is 13.1 Å². The molecule has 0 aromatic heterocycles. The molecule has 1 aromatic rings. The topological polar surface area (TPSA) is 83.6 Å². The van der Waals surface area contributed by atoms with Crippen molar-refractivity contribution in [2.24, 2.45) is 5.73 Å². The van der Waals surface area contributed by atoms with Crippen molar-refractivity contribution < 1.29 is 14.7 Å². The summed E-state index contributed by atoms with van der Waals surface area (Å²) in [6, 6.07) is 6.56. The Morgan fingerprint density at radius 3 is 2.79 bits per heavy atom. The van der Waals surface area contributed by atoms with Crippen LogP contribution in [0.1, 0.15) is 28.8 Å². The molecule has 0 radical (unpaired) electrons. The molecule has 19 heavy (non-hydrogen) atoms. The van der Waals surface area contributed by atoms with Crippen LogP contribution in [0.15, 0.2) is 24.3 Å². The smallest absolute Gasteiger partial charge is 0.326 e. The average Bonchev–Trinajstić information content (AvgIpc) is 2.88. The molecular formula is C14H18N2O3. The Morgan fingerprint density at radius 1 is 1.37 bits per heavy atom. The Balaban J connectivity index is 2.26. The van der Waals surface area contributed by atoms with E-state index < -0.39 is 12.0 Å². The van der Waals surface area contributed by atoms with Crippen LogP contribution in [0.5, 0.6) is 0 Å². The quantitative estimate of drug-likeness (QED) is 0.843. The van der Waals surface area contributed by atoms with Crippen molar-refractivity contribution >= 4 is 11.9 Å². The SMILES string of the molecule is NCCc1ccccc1C(=O)N1CCC[C@@H]1C(=O)O. The summed E-state index contributed by atoms with van der Waals surface area (Å²) < 4.78 is 0. The van der Waals surface area contributed by atoms with E-state index in [9.17, 15) is 9.59 Å². The number of carbonyl (C=O) groups is 2. The summed E-state index contributed by atoms with van der Waals surface area (Å²) in [6.07, 6.45) is 1.88. The normalized spacial score (nSPS) is 18.6. The number of nitrogens with zero attached hydrogens (tertiary/aromatic N) is 1. The standard InChI is InChI=1S/C14H18N2O3/c15-8-7-10-4-1-2-5-11(10)13(17)16-9-3-6-12(16)14(18)19/h1-2,4-5,12H,3,6-9,15H2,(H,18,19)/t12-/m1/s1. The Kier molecular flexibility index (Phi) is 4.16. The van der Waals surface area contributed by atoms with Crippen LogP contribution in [-0.4, -0.2) is 41.0 Å². The van der Waals surface area contributed by atoms with Crippen molar-refractivity contribution in [1.29, 1.82) is 0 Å². The van der Waals surface area contributed by atoms with Gasteiger partial charge >= 0.3 is 5.97 Å². The van der Waals surface area contributed by atoms with Crippen LogP contribution >= 0.6 is 0 Å². The van der Waals surface area contributed by atoms with E-state index >= 15 is 0 Å². The molecule has 0 bridgehead atoms. The first-order valence-electron chi connectivity index (χ1n) is 6.47. The second-order valence-electron chi connectivity index (χ2n) is 4.69. The molecule has 1 saturated heterocycles. The third-order valence-corrected chi connectivity index (χ3v) is 3.46. The lowest BCUT2D eigenvalue weighted by Crippen LogP contribution is -2.40. The summed E-state index contributed by atoms with van der Waals surface area (Å²) in [5, 5.41) is 9.14. The highest BCUT2D eigenvalue weighted by Crippen LogP contribution is 2.22. The Morgan fingerprint density at radius 2 is 2.11 bits per heavy atom. The van der Waals surface area contributed by atoms with Crippen LogP contribution in [0, 0.1) is 0 Å². The van der Waals surface area contributed by atoms with Crippen LogP contribution in [0.3, 0.4) is 0 Å². The number of carboxylic acid groups (broad SMARTS) is 1. The van der Waals surface area contributed by atoms with Crippen molar-refractivity contribution in [1.82, 2.24) is 4.90 Å². The highest BCUT2D eigenvalue weighted by atomic mass is 16.4. The molecule has 5 heteroatoms. The number of nitrogens with two attached hydrogens (primary N) is 1. The number of carbonyl (C=O) groups excluding carboxylic acids is 1. The first-order valence-corrected chi connectivity index (χ1v) is 6.47. The number of likely N-dealkylation sites (tertiary alicyclic amines) is 1. The van der Waals surface area contributed by atoms with E-state index in [-0.39, 0.29) is 5.91 Å². The van der Waals surface area contributed by atoms with Gasteiger partial charge in [0.25, 0.3) is 5.91 Å².